The number of rotatable bonds is 3. The molecule has 1 aromatic rings. The number of ether oxygens (including phenoxy) is 1. The molecule has 0 aromatic heterocycles. The molecule has 0 fully saturated rings. The van der Waals surface area contributed by atoms with Gasteiger partial charge in [0.1, 0.15) is 6.10 Å². The highest BCUT2D eigenvalue weighted by Crippen LogP contribution is 2.21. The molecule has 0 saturated carbocycles. The Labute approximate surface area is 105 Å². The molecule has 0 spiro atoms. The van der Waals surface area contributed by atoms with Gasteiger partial charge in [-0.3, -0.25) is 4.79 Å². The molecule has 16 heavy (non-hydrogen) atoms. The van der Waals surface area contributed by atoms with Gasteiger partial charge in [-0.2, -0.15) is 0 Å². The van der Waals surface area contributed by atoms with Gasteiger partial charge in [0.25, 0.3) is 5.91 Å². The number of hydrogen-bond donors (Lipinski definition) is 1. The first-order valence-electron chi connectivity index (χ1n) is 4.44. The Hall–Kier alpha value is -0.760. The second kappa shape index (κ2) is 5.53. The Morgan fingerprint density at radius 2 is 2.00 bits per heavy atom. The molecule has 0 radical (unpaired) electrons. The van der Waals surface area contributed by atoms with Crippen molar-refractivity contribution < 1.29 is 18.3 Å². The van der Waals surface area contributed by atoms with Crippen LogP contribution >= 0.6 is 22.6 Å². The summed E-state index contributed by atoms with van der Waals surface area (Å²) < 4.78 is 31.0. The number of carbonyl (C=O) groups is 1. The number of anilines is 1. The van der Waals surface area contributed by atoms with E-state index in [1.165, 1.54) is 7.11 Å². The fourth-order valence-electron chi connectivity index (χ4n) is 0.960. The maximum atomic E-state index is 12.9. The van der Waals surface area contributed by atoms with Crippen molar-refractivity contribution in [3.05, 3.63) is 27.3 Å². The molecule has 0 aliphatic heterocycles. The van der Waals surface area contributed by atoms with Crippen molar-refractivity contribution in [2.24, 2.45) is 0 Å². The lowest BCUT2D eigenvalue weighted by molar-refractivity contribution is -0.124. The zero-order valence-corrected chi connectivity index (χ0v) is 10.8. The summed E-state index contributed by atoms with van der Waals surface area (Å²) in [5, 5.41) is 2.45. The van der Waals surface area contributed by atoms with Gasteiger partial charge >= 0.3 is 0 Å². The van der Waals surface area contributed by atoms with Crippen molar-refractivity contribution in [3.8, 4) is 0 Å². The molecule has 0 heterocycles. The van der Waals surface area contributed by atoms with Gasteiger partial charge in [0.15, 0.2) is 11.6 Å². The van der Waals surface area contributed by atoms with Crippen LogP contribution in [0.5, 0.6) is 0 Å². The Kier molecular flexibility index (Phi) is 4.60. The summed E-state index contributed by atoms with van der Waals surface area (Å²) in [7, 11) is 1.39. The van der Waals surface area contributed by atoms with Gasteiger partial charge < -0.3 is 10.1 Å². The van der Waals surface area contributed by atoms with E-state index in [9.17, 15) is 13.6 Å². The molecular formula is C10H10F2INO2. The summed E-state index contributed by atoms with van der Waals surface area (Å²) in [5.41, 5.74) is 0.230. The zero-order valence-electron chi connectivity index (χ0n) is 8.68. The standard InChI is InChI=1S/C10H10F2INO2/c1-5(16-2)10(15)14-9-4-7(12)6(11)3-8(9)13/h3-5H,1-2H3,(H,14,15). The summed E-state index contributed by atoms with van der Waals surface area (Å²) in [6, 6.07) is 1.96. The summed E-state index contributed by atoms with van der Waals surface area (Å²) in [5.74, 6) is -2.35. The summed E-state index contributed by atoms with van der Waals surface area (Å²) in [4.78, 5) is 11.4. The summed E-state index contributed by atoms with van der Waals surface area (Å²) in [6.07, 6.45) is -0.649. The Balaban J connectivity index is 2.90. The van der Waals surface area contributed by atoms with Gasteiger partial charge in [-0.1, -0.05) is 0 Å². The van der Waals surface area contributed by atoms with Crippen molar-refractivity contribution in [2.45, 2.75) is 13.0 Å². The fraction of sp³-hybridized carbons (Fsp3) is 0.300. The topological polar surface area (TPSA) is 38.3 Å². The number of hydrogen-bond acceptors (Lipinski definition) is 2. The normalized spacial score (nSPS) is 12.3. The van der Waals surface area contributed by atoms with Crippen molar-refractivity contribution >= 4 is 34.2 Å². The van der Waals surface area contributed by atoms with E-state index in [4.69, 9.17) is 4.74 Å². The lowest BCUT2D eigenvalue weighted by Crippen LogP contribution is -2.27. The van der Waals surface area contributed by atoms with Crippen LogP contribution in [0.1, 0.15) is 6.92 Å². The molecule has 0 bridgehead atoms. The molecule has 6 heteroatoms. The molecule has 1 atom stereocenters. The smallest absolute Gasteiger partial charge is 0.253 e. The van der Waals surface area contributed by atoms with Crippen LogP contribution in [-0.4, -0.2) is 19.1 Å². The number of amides is 1. The monoisotopic (exact) mass is 341 g/mol. The average molecular weight is 341 g/mol. The molecule has 88 valence electrons. The van der Waals surface area contributed by atoms with E-state index < -0.39 is 23.6 Å². The highest BCUT2D eigenvalue weighted by molar-refractivity contribution is 14.1. The molecule has 1 N–H and O–H groups in total. The molecule has 1 amide bonds. The molecule has 0 aliphatic carbocycles. The van der Waals surface area contributed by atoms with Crippen LogP contribution in [-0.2, 0) is 9.53 Å². The Morgan fingerprint density at radius 1 is 1.44 bits per heavy atom. The number of carbonyl (C=O) groups excluding carboxylic acids is 1. The molecule has 3 nitrogen and oxygen atoms in total. The maximum Gasteiger partial charge on any atom is 0.253 e. The first kappa shape index (κ1) is 13.3. The van der Waals surface area contributed by atoms with E-state index in [1.807, 2.05) is 22.6 Å². The Morgan fingerprint density at radius 3 is 2.56 bits per heavy atom. The molecule has 1 aromatic carbocycles. The maximum absolute atomic E-state index is 12.9. The second-order valence-corrected chi connectivity index (χ2v) is 4.28. The van der Waals surface area contributed by atoms with E-state index in [2.05, 4.69) is 5.32 Å². The molecular weight excluding hydrogens is 331 g/mol. The predicted molar refractivity (Wildman–Crippen MR) is 64.2 cm³/mol. The van der Waals surface area contributed by atoms with E-state index in [1.54, 1.807) is 6.92 Å². The van der Waals surface area contributed by atoms with Crippen LogP contribution in [0, 0.1) is 15.2 Å². The second-order valence-electron chi connectivity index (χ2n) is 3.11. The SMILES string of the molecule is COC(C)C(=O)Nc1cc(F)c(F)cc1I. The molecule has 1 unspecified atom stereocenters. The minimum atomic E-state index is -0.999. The van der Waals surface area contributed by atoms with Crippen molar-refractivity contribution in [1.82, 2.24) is 0 Å². The highest BCUT2D eigenvalue weighted by Gasteiger charge is 2.15. The van der Waals surface area contributed by atoms with Crippen LogP contribution < -0.4 is 5.32 Å². The van der Waals surface area contributed by atoms with Crippen LogP contribution in [0.4, 0.5) is 14.5 Å². The van der Waals surface area contributed by atoms with E-state index in [0.29, 0.717) is 3.57 Å². The highest BCUT2D eigenvalue weighted by atomic mass is 127. The van der Waals surface area contributed by atoms with E-state index in [0.717, 1.165) is 12.1 Å². The molecule has 0 aliphatic rings. The third-order valence-corrected chi connectivity index (χ3v) is 2.88. The summed E-state index contributed by atoms with van der Waals surface area (Å²) in [6.45, 7) is 1.56. The first-order valence-corrected chi connectivity index (χ1v) is 5.51. The third kappa shape index (κ3) is 3.11. The lowest BCUT2D eigenvalue weighted by atomic mass is 10.3. The average Bonchev–Trinajstić information content (AvgIpc) is 2.24. The van der Waals surface area contributed by atoms with Crippen LogP contribution in [0.2, 0.25) is 0 Å². The van der Waals surface area contributed by atoms with Crippen molar-refractivity contribution in [1.29, 1.82) is 0 Å². The van der Waals surface area contributed by atoms with Crippen LogP contribution in [0.3, 0.4) is 0 Å². The first-order chi connectivity index (χ1) is 7.45. The van der Waals surface area contributed by atoms with E-state index >= 15 is 0 Å². The van der Waals surface area contributed by atoms with Gasteiger partial charge in [-0.15, -0.1) is 0 Å². The zero-order chi connectivity index (χ0) is 12.3. The molecule has 1 rings (SSSR count). The number of methoxy groups -OCH3 is 1. The minimum absolute atomic E-state index is 0.230. The van der Waals surface area contributed by atoms with Gasteiger partial charge in [-0.05, 0) is 35.6 Å². The summed E-state index contributed by atoms with van der Waals surface area (Å²) >= 11 is 1.81. The van der Waals surface area contributed by atoms with Crippen molar-refractivity contribution in [2.75, 3.05) is 12.4 Å². The van der Waals surface area contributed by atoms with Gasteiger partial charge in [0.2, 0.25) is 0 Å². The predicted octanol–water partition coefficient (Wildman–Crippen LogP) is 2.54. The lowest BCUT2D eigenvalue weighted by Gasteiger charge is -2.11. The van der Waals surface area contributed by atoms with E-state index in [-0.39, 0.29) is 5.69 Å². The quantitative estimate of drug-likeness (QED) is 0.678. The van der Waals surface area contributed by atoms with Crippen LogP contribution in [0.15, 0.2) is 12.1 Å². The number of nitrogens with one attached hydrogen (secondary N) is 1. The van der Waals surface area contributed by atoms with Gasteiger partial charge in [0.05, 0.1) is 5.69 Å². The fourth-order valence-corrected chi connectivity index (χ4v) is 1.52. The Bertz CT molecular complexity index is 412. The largest absolute Gasteiger partial charge is 0.372 e. The third-order valence-electron chi connectivity index (χ3n) is 1.99. The molecule has 0 saturated heterocycles. The van der Waals surface area contributed by atoms with Crippen molar-refractivity contribution in [3.63, 3.8) is 0 Å². The van der Waals surface area contributed by atoms with Gasteiger partial charge in [0, 0.05) is 16.7 Å². The number of halogens is 3. The number of benzene rings is 1. The van der Waals surface area contributed by atoms with Gasteiger partial charge in [-0.25, -0.2) is 8.78 Å². The van der Waals surface area contributed by atoms with Crippen LogP contribution in [0.25, 0.3) is 0 Å². The minimum Gasteiger partial charge on any atom is -0.372 e.